The van der Waals surface area contributed by atoms with Gasteiger partial charge in [0.05, 0.1) is 4.88 Å². The zero-order valence-corrected chi connectivity index (χ0v) is 12.4. The van der Waals surface area contributed by atoms with E-state index in [1.165, 1.54) is 11.3 Å². The van der Waals surface area contributed by atoms with Gasteiger partial charge in [0, 0.05) is 23.8 Å². The first-order valence-electron chi connectivity index (χ1n) is 6.56. The Bertz CT molecular complexity index is 626. The summed E-state index contributed by atoms with van der Waals surface area (Å²) < 4.78 is 0. The minimum absolute atomic E-state index is 0.140. The molecule has 2 amide bonds. The van der Waals surface area contributed by atoms with E-state index in [2.05, 4.69) is 10.6 Å². The molecular formula is C15H17N3O2S. The highest BCUT2D eigenvalue weighted by atomic mass is 32.1. The van der Waals surface area contributed by atoms with Gasteiger partial charge in [-0.25, -0.2) is 0 Å². The summed E-state index contributed by atoms with van der Waals surface area (Å²) in [5, 5.41) is 7.42. The molecule has 0 saturated carbocycles. The molecule has 0 radical (unpaired) electrons. The summed E-state index contributed by atoms with van der Waals surface area (Å²) in [6.07, 6.45) is 0. The molecule has 0 spiro atoms. The van der Waals surface area contributed by atoms with Crippen LogP contribution < -0.4 is 16.4 Å². The molecule has 21 heavy (non-hydrogen) atoms. The molecule has 5 nitrogen and oxygen atoms in total. The Kier molecular flexibility index (Phi) is 5.08. The van der Waals surface area contributed by atoms with E-state index >= 15 is 0 Å². The van der Waals surface area contributed by atoms with Crippen molar-refractivity contribution in [2.24, 2.45) is 11.7 Å². The van der Waals surface area contributed by atoms with Gasteiger partial charge in [0.25, 0.3) is 5.91 Å². The van der Waals surface area contributed by atoms with Crippen LogP contribution in [0.25, 0.3) is 0 Å². The van der Waals surface area contributed by atoms with Crippen LogP contribution in [0, 0.1) is 5.92 Å². The smallest absolute Gasteiger partial charge is 0.265 e. The van der Waals surface area contributed by atoms with Crippen molar-refractivity contribution in [2.45, 2.75) is 6.92 Å². The second-order valence-corrected chi connectivity index (χ2v) is 5.59. The number of benzene rings is 1. The number of carbonyl (C=O) groups is 2. The van der Waals surface area contributed by atoms with Crippen LogP contribution in [-0.4, -0.2) is 18.4 Å². The Labute approximate surface area is 127 Å². The van der Waals surface area contributed by atoms with Gasteiger partial charge in [0.1, 0.15) is 0 Å². The van der Waals surface area contributed by atoms with Crippen molar-refractivity contribution in [1.29, 1.82) is 0 Å². The molecule has 6 heteroatoms. The Morgan fingerprint density at radius 2 is 1.90 bits per heavy atom. The highest BCUT2D eigenvalue weighted by Crippen LogP contribution is 2.18. The van der Waals surface area contributed by atoms with Crippen molar-refractivity contribution in [1.82, 2.24) is 0 Å². The van der Waals surface area contributed by atoms with Gasteiger partial charge in [-0.1, -0.05) is 19.1 Å². The molecule has 0 bridgehead atoms. The second-order valence-electron chi connectivity index (χ2n) is 4.64. The van der Waals surface area contributed by atoms with Gasteiger partial charge >= 0.3 is 0 Å². The van der Waals surface area contributed by atoms with Crippen molar-refractivity contribution in [3.8, 4) is 0 Å². The number of carbonyl (C=O) groups excluding carboxylic acids is 2. The number of nitrogens with two attached hydrogens (primary N) is 1. The number of hydrogen-bond acceptors (Lipinski definition) is 4. The summed E-state index contributed by atoms with van der Waals surface area (Å²) in [7, 11) is 0. The van der Waals surface area contributed by atoms with E-state index in [0.29, 0.717) is 22.8 Å². The summed E-state index contributed by atoms with van der Waals surface area (Å²) in [5.41, 5.74) is 6.72. The first-order chi connectivity index (χ1) is 10.1. The van der Waals surface area contributed by atoms with E-state index in [9.17, 15) is 9.59 Å². The Morgan fingerprint density at radius 3 is 2.52 bits per heavy atom. The molecule has 1 aromatic heterocycles. The van der Waals surface area contributed by atoms with Crippen LogP contribution in [0.5, 0.6) is 0 Å². The molecule has 0 aliphatic carbocycles. The standard InChI is InChI=1S/C15H17N3O2S/c1-10(9-16)14(19)17-11-4-2-5-12(8-11)18-15(20)13-6-3-7-21-13/h2-8,10H,9,16H2,1H3,(H,17,19)(H,18,20). The molecule has 4 N–H and O–H groups in total. The molecule has 110 valence electrons. The van der Waals surface area contributed by atoms with Crippen molar-refractivity contribution in [2.75, 3.05) is 17.2 Å². The number of thiophene rings is 1. The second kappa shape index (κ2) is 7.01. The van der Waals surface area contributed by atoms with E-state index in [-0.39, 0.29) is 17.7 Å². The lowest BCUT2D eigenvalue weighted by Gasteiger charge is -2.11. The third-order valence-corrected chi connectivity index (χ3v) is 3.80. The van der Waals surface area contributed by atoms with Crippen molar-refractivity contribution < 1.29 is 9.59 Å². The monoisotopic (exact) mass is 303 g/mol. The van der Waals surface area contributed by atoms with Crippen LogP contribution in [0.3, 0.4) is 0 Å². The van der Waals surface area contributed by atoms with Crippen LogP contribution >= 0.6 is 11.3 Å². The van der Waals surface area contributed by atoms with Crippen molar-refractivity contribution in [3.05, 3.63) is 46.7 Å². The summed E-state index contributed by atoms with van der Waals surface area (Å²) in [4.78, 5) is 24.4. The maximum Gasteiger partial charge on any atom is 0.265 e. The number of amides is 2. The SMILES string of the molecule is CC(CN)C(=O)Nc1cccc(NC(=O)c2cccs2)c1. The summed E-state index contributed by atoms with van der Waals surface area (Å²) in [6.45, 7) is 2.05. The molecule has 1 atom stereocenters. The summed E-state index contributed by atoms with van der Waals surface area (Å²) in [5.74, 6) is -0.558. The van der Waals surface area contributed by atoms with Crippen LogP contribution in [0.2, 0.25) is 0 Å². The number of rotatable bonds is 5. The van der Waals surface area contributed by atoms with E-state index in [0.717, 1.165) is 0 Å². The van der Waals surface area contributed by atoms with Gasteiger partial charge in [0.2, 0.25) is 5.91 Å². The summed E-state index contributed by atoms with van der Waals surface area (Å²) in [6, 6.07) is 10.6. The quantitative estimate of drug-likeness (QED) is 0.793. The topological polar surface area (TPSA) is 84.2 Å². The molecule has 1 heterocycles. The van der Waals surface area contributed by atoms with Crippen LogP contribution in [0.15, 0.2) is 41.8 Å². The Hall–Kier alpha value is -2.18. The fourth-order valence-electron chi connectivity index (χ4n) is 1.65. The molecule has 1 aromatic carbocycles. The van der Waals surface area contributed by atoms with Gasteiger partial charge in [-0.15, -0.1) is 11.3 Å². The fraction of sp³-hybridized carbons (Fsp3) is 0.200. The van der Waals surface area contributed by atoms with Crippen molar-refractivity contribution in [3.63, 3.8) is 0 Å². The van der Waals surface area contributed by atoms with Crippen LogP contribution in [0.4, 0.5) is 11.4 Å². The lowest BCUT2D eigenvalue weighted by Crippen LogP contribution is -2.26. The van der Waals surface area contributed by atoms with E-state index < -0.39 is 0 Å². The van der Waals surface area contributed by atoms with Gasteiger partial charge in [0.15, 0.2) is 0 Å². The number of nitrogens with one attached hydrogen (secondary N) is 2. The fourth-order valence-corrected chi connectivity index (χ4v) is 2.27. The Balaban J connectivity index is 2.04. The van der Waals surface area contributed by atoms with Crippen molar-refractivity contribution >= 4 is 34.5 Å². The normalized spacial score (nSPS) is 11.7. The van der Waals surface area contributed by atoms with Gasteiger partial charge in [-0.3, -0.25) is 9.59 Å². The molecule has 2 rings (SSSR count). The highest BCUT2D eigenvalue weighted by Gasteiger charge is 2.11. The predicted molar refractivity (Wildman–Crippen MR) is 85.6 cm³/mol. The minimum Gasteiger partial charge on any atom is -0.330 e. The first kappa shape index (κ1) is 15.2. The lowest BCUT2D eigenvalue weighted by atomic mass is 10.1. The number of hydrogen-bond donors (Lipinski definition) is 3. The highest BCUT2D eigenvalue weighted by molar-refractivity contribution is 7.12. The molecular weight excluding hydrogens is 286 g/mol. The molecule has 0 aliphatic heterocycles. The molecule has 0 fully saturated rings. The third-order valence-electron chi connectivity index (χ3n) is 2.93. The third kappa shape index (κ3) is 4.14. The zero-order chi connectivity index (χ0) is 15.2. The van der Waals surface area contributed by atoms with E-state index in [4.69, 9.17) is 5.73 Å². The molecule has 2 aromatic rings. The maximum absolute atomic E-state index is 12.0. The van der Waals surface area contributed by atoms with Crippen LogP contribution in [-0.2, 0) is 4.79 Å². The molecule has 1 unspecified atom stereocenters. The maximum atomic E-state index is 12.0. The predicted octanol–water partition coefficient (Wildman–Crippen LogP) is 2.53. The van der Waals surface area contributed by atoms with E-state index in [1.54, 1.807) is 37.3 Å². The largest absolute Gasteiger partial charge is 0.330 e. The average molecular weight is 303 g/mol. The first-order valence-corrected chi connectivity index (χ1v) is 7.44. The van der Waals surface area contributed by atoms with Gasteiger partial charge < -0.3 is 16.4 Å². The zero-order valence-electron chi connectivity index (χ0n) is 11.6. The molecule has 0 saturated heterocycles. The lowest BCUT2D eigenvalue weighted by molar-refractivity contribution is -0.119. The Morgan fingerprint density at radius 1 is 1.19 bits per heavy atom. The molecule has 0 aliphatic rings. The summed E-state index contributed by atoms with van der Waals surface area (Å²) >= 11 is 1.38. The minimum atomic E-state index is -0.255. The van der Waals surface area contributed by atoms with Crippen LogP contribution in [0.1, 0.15) is 16.6 Å². The number of anilines is 2. The van der Waals surface area contributed by atoms with Gasteiger partial charge in [-0.2, -0.15) is 0 Å². The van der Waals surface area contributed by atoms with E-state index in [1.807, 2.05) is 11.4 Å². The van der Waals surface area contributed by atoms with Gasteiger partial charge in [-0.05, 0) is 29.6 Å². The average Bonchev–Trinajstić information content (AvgIpc) is 3.01.